The highest BCUT2D eigenvalue weighted by molar-refractivity contribution is 7.10. The van der Waals surface area contributed by atoms with Crippen molar-refractivity contribution in [2.75, 3.05) is 11.1 Å². The van der Waals surface area contributed by atoms with Gasteiger partial charge in [-0.25, -0.2) is 0 Å². The Morgan fingerprint density at radius 1 is 1.16 bits per heavy atom. The Labute approximate surface area is 113 Å². The molecule has 0 atom stereocenters. The highest BCUT2D eigenvalue weighted by Gasteiger charge is 2.26. The highest BCUT2D eigenvalue weighted by Crippen LogP contribution is 2.23. The first-order valence-corrected chi connectivity index (χ1v) is 6.58. The maximum atomic E-state index is 11.5. The quantitative estimate of drug-likeness (QED) is 0.745. The summed E-state index contributed by atoms with van der Waals surface area (Å²) in [7, 11) is 0. The van der Waals surface area contributed by atoms with Crippen molar-refractivity contribution in [2.24, 2.45) is 0 Å². The van der Waals surface area contributed by atoms with Gasteiger partial charge in [-0.2, -0.15) is 0 Å². The normalized spacial score (nSPS) is 13.3. The molecular weight excluding hydrogens is 262 g/mol. The van der Waals surface area contributed by atoms with Gasteiger partial charge < -0.3 is 11.1 Å². The first-order valence-electron chi connectivity index (χ1n) is 5.70. The van der Waals surface area contributed by atoms with Gasteiger partial charge in [0.05, 0.1) is 17.7 Å². The molecular formula is C13H11N3O2S. The molecule has 6 heteroatoms. The van der Waals surface area contributed by atoms with Crippen LogP contribution in [0.5, 0.6) is 0 Å². The largest absolute Gasteiger partial charge is 0.398 e. The second-order valence-corrected chi connectivity index (χ2v) is 5.20. The Morgan fingerprint density at radius 2 is 1.95 bits per heavy atom. The zero-order valence-corrected chi connectivity index (χ0v) is 10.7. The van der Waals surface area contributed by atoms with E-state index in [1.807, 2.05) is 11.4 Å². The van der Waals surface area contributed by atoms with E-state index in [0.29, 0.717) is 17.7 Å². The monoisotopic (exact) mass is 273 g/mol. The molecule has 0 radical (unpaired) electrons. The number of thiophene rings is 1. The molecule has 96 valence electrons. The molecule has 0 bridgehead atoms. The van der Waals surface area contributed by atoms with Gasteiger partial charge in [0.2, 0.25) is 0 Å². The molecule has 1 aliphatic heterocycles. The van der Waals surface area contributed by atoms with Gasteiger partial charge in [-0.05, 0) is 29.6 Å². The third-order valence-corrected chi connectivity index (χ3v) is 3.91. The van der Waals surface area contributed by atoms with Gasteiger partial charge in [0.25, 0.3) is 11.8 Å². The molecule has 0 spiro atoms. The van der Waals surface area contributed by atoms with Gasteiger partial charge in [-0.1, -0.05) is 0 Å². The number of hydrogen-bond donors (Lipinski definition) is 3. The Balaban J connectivity index is 1.80. The van der Waals surface area contributed by atoms with Crippen LogP contribution in [0.4, 0.5) is 11.4 Å². The lowest BCUT2D eigenvalue weighted by atomic mass is 10.1. The lowest BCUT2D eigenvalue weighted by Gasteiger charge is -2.06. The fourth-order valence-corrected chi connectivity index (χ4v) is 2.69. The fraction of sp³-hybridized carbons (Fsp3) is 0.0769. The van der Waals surface area contributed by atoms with Crippen LogP contribution in [0.1, 0.15) is 25.6 Å². The number of fused-ring (bicyclic) bond motifs is 1. The number of carbonyl (C=O) groups excluding carboxylic acids is 2. The number of nitrogens with two attached hydrogens (primary N) is 1. The van der Waals surface area contributed by atoms with Crippen molar-refractivity contribution in [3.05, 3.63) is 45.6 Å². The summed E-state index contributed by atoms with van der Waals surface area (Å²) in [5, 5.41) is 7.39. The maximum Gasteiger partial charge on any atom is 0.259 e. The summed E-state index contributed by atoms with van der Waals surface area (Å²) in [5.41, 5.74) is 8.17. The fourth-order valence-electron chi connectivity index (χ4n) is 1.95. The molecule has 0 aliphatic carbocycles. The maximum absolute atomic E-state index is 11.5. The van der Waals surface area contributed by atoms with E-state index >= 15 is 0 Å². The lowest BCUT2D eigenvalue weighted by molar-refractivity contribution is 0.0879. The van der Waals surface area contributed by atoms with Crippen molar-refractivity contribution < 1.29 is 9.59 Å². The second-order valence-electron chi connectivity index (χ2n) is 4.20. The van der Waals surface area contributed by atoms with Gasteiger partial charge in [-0.3, -0.25) is 14.9 Å². The average Bonchev–Trinajstić information content (AvgIpc) is 2.92. The summed E-state index contributed by atoms with van der Waals surface area (Å²) in [6.07, 6.45) is 0. The third kappa shape index (κ3) is 2.06. The van der Waals surface area contributed by atoms with E-state index in [2.05, 4.69) is 10.6 Å². The minimum absolute atomic E-state index is 0.339. The molecule has 0 fully saturated rings. The number of nitrogen functional groups attached to an aromatic ring is 1. The number of imide groups is 1. The molecule has 3 rings (SSSR count). The molecule has 1 aromatic heterocycles. The minimum Gasteiger partial charge on any atom is -0.398 e. The summed E-state index contributed by atoms with van der Waals surface area (Å²) < 4.78 is 0. The second kappa shape index (κ2) is 4.40. The van der Waals surface area contributed by atoms with E-state index in [1.165, 1.54) is 0 Å². The van der Waals surface area contributed by atoms with Crippen LogP contribution < -0.4 is 16.4 Å². The third-order valence-electron chi connectivity index (χ3n) is 2.97. The molecule has 2 heterocycles. The van der Waals surface area contributed by atoms with Crippen LogP contribution in [0.2, 0.25) is 0 Å². The number of carbonyl (C=O) groups is 2. The Hall–Kier alpha value is -2.34. The molecule has 2 aromatic rings. The van der Waals surface area contributed by atoms with Crippen molar-refractivity contribution in [3.8, 4) is 0 Å². The highest BCUT2D eigenvalue weighted by atomic mass is 32.1. The van der Waals surface area contributed by atoms with E-state index in [9.17, 15) is 9.59 Å². The first-order chi connectivity index (χ1) is 9.15. The van der Waals surface area contributed by atoms with E-state index in [4.69, 9.17) is 5.73 Å². The number of nitrogens with one attached hydrogen (secondary N) is 2. The standard InChI is InChI=1S/C13H11N3O2S/c14-10-3-4-19-11(10)6-15-7-1-2-8-9(5-7)13(18)16-12(8)17/h1-5,15H,6,14H2,(H,16,17,18). The number of rotatable bonds is 3. The molecule has 0 saturated carbocycles. The first kappa shape index (κ1) is 11.7. The number of benzene rings is 1. The Morgan fingerprint density at radius 3 is 2.68 bits per heavy atom. The van der Waals surface area contributed by atoms with Crippen LogP contribution in [-0.2, 0) is 6.54 Å². The van der Waals surface area contributed by atoms with Gasteiger partial charge >= 0.3 is 0 Å². The topological polar surface area (TPSA) is 84.2 Å². The lowest BCUT2D eigenvalue weighted by Crippen LogP contribution is -2.19. The van der Waals surface area contributed by atoms with Crippen molar-refractivity contribution in [1.82, 2.24) is 5.32 Å². The van der Waals surface area contributed by atoms with E-state index < -0.39 is 0 Å². The molecule has 0 saturated heterocycles. The smallest absolute Gasteiger partial charge is 0.259 e. The van der Waals surface area contributed by atoms with Crippen LogP contribution in [0.3, 0.4) is 0 Å². The number of anilines is 2. The predicted molar refractivity (Wildman–Crippen MR) is 74.3 cm³/mol. The van der Waals surface area contributed by atoms with E-state index in [-0.39, 0.29) is 11.8 Å². The van der Waals surface area contributed by atoms with Gasteiger partial charge in [0, 0.05) is 16.3 Å². The van der Waals surface area contributed by atoms with Crippen LogP contribution in [-0.4, -0.2) is 11.8 Å². The molecule has 2 amide bonds. The Bertz CT molecular complexity index is 678. The number of hydrogen-bond acceptors (Lipinski definition) is 5. The minimum atomic E-state index is -0.348. The summed E-state index contributed by atoms with van der Waals surface area (Å²) in [6, 6.07) is 6.96. The van der Waals surface area contributed by atoms with Gasteiger partial charge in [0.1, 0.15) is 0 Å². The molecule has 5 nitrogen and oxygen atoms in total. The van der Waals surface area contributed by atoms with Gasteiger partial charge in [-0.15, -0.1) is 11.3 Å². The van der Waals surface area contributed by atoms with Crippen molar-refractivity contribution >= 4 is 34.5 Å². The van der Waals surface area contributed by atoms with Crippen LogP contribution in [0.15, 0.2) is 29.6 Å². The van der Waals surface area contributed by atoms with Crippen molar-refractivity contribution in [3.63, 3.8) is 0 Å². The zero-order chi connectivity index (χ0) is 13.4. The Kier molecular flexibility index (Phi) is 2.72. The summed E-state index contributed by atoms with van der Waals surface area (Å²) in [6.45, 7) is 0.595. The molecule has 19 heavy (non-hydrogen) atoms. The molecule has 1 aliphatic rings. The molecule has 1 aromatic carbocycles. The summed E-state index contributed by atoms with van der Waals surface area (Å²) in [5.74, 6) is -0.687. The summed E-state index contributed by atoms with van der Waals surface area (Å²) >= 11 is 1.57. The van der Waals surface area contributed by atoms with Crippen LogP contribution in [0, 0.1) is 0 Å². The predicted octanol–water partition coefficient (Wildman–Crippen LogP) is 1.83. The number of amides is 2. The van der Waals surface area contributed by atoms with E-state index in [1.54, 1.807) is 29.5 Å². The van der Waals surface area contributed by atoms with E-state index in [0.717, 1.165) is 16.3 Å². The van der Waals surface area contributed by atoms with Crippen molar-refractivity contribution in [1.29, 1.82) is 0 Å². The summed E-state index contributed by atoms with van der Waals surface area (Å²) in [4.78, 5) is 24.0. The van der Waals surface area contributed by atoms with Crippen molar-refractivity contribution in [2.45, 2.75) is 6.54 Å². The molecule has 0 unspecified atom stereocenters. The SMILES string of the molecule is Nc1ccsc1CNc1ccc2c(c1)C(=O)NC2=O. The van der Waals surface area contributed by atoms with Crippen LogP contribution in [0.25, 0.3) is 0 Å². The zero-order valence-electron chi connectivity index (χ0n) is 9.90. The average molecular weight is 273 g/mol. The molecule has 4 N–H and O–H groups in total. The van der Waals surface area contributed by atoms with Gasteiger partial charge in [0.15, 0.2) is 0 Å². The van der Waals surface area contributed by atoms with Crippen LogP contribution >= 0.6 is 11.3 Å².